The van der Waals surface area contributed by atoms with Crippen molar-refractivity contribution in [2.45, 2.75) is 64.0 Å². The Labute approximate surface area is 118 Å². The molecule has 19 heavy (non-hydrogen) atoms. The number of nitrogens with zero attached hydrogens (tertiary/aromatic N) is 2. The summed E-state index contributed by atoms with van der Waals surface area (Å²) in [7, 11) is 0. The Kier molecular flexibility index (Phi) is 4.87. The molecular weight excluding hydrogens is 260 g/mol. The fraction of sp³-hybridized carbons (Fsp3) is 0.769. The summed E-state index contributed by atoms with van der Waals surface area (Å²) in [6.45, 7) is 4.04. The van der Waals surface area contributed by atoms with Crippen molar-refractivity contribution in [3.05, 3.63) is 10.6 Å². The molecule has 106 valence electrons. The molecule has 1 aliphatic carbocycles. The lowest BCUT2D eigenvalue weighted by Gasteiger charge is -2.22. The van der Waals surface area contributed by atoms with E-state index in [1.54, 1.807) is 0 Å². The van der Waals surface area contributed by atoms with Gasteiger partial charge in [0.25, 0.3) is 5.91 Å². The Morgan fingerprint density at radius 3 is 2.84 bits per heavy atom. The monoisotopic (exact) mass is 282 g/mol. The highest BCUT2D eigenvalue weighted by atomic mass is 32.1. The van der Waals surface area contributed by atoms with E-state index in [9.17, 15) is 4.79 Å². The van der Waals surface area contributed by atoms with Crippen LogP contribution in [0, 0.1) is 0 Å². The second-order valence-corrected chi connectivity index (χ2v) is 6.28. The van der Waals surface area contributed by atoms with Gasteiger partial charge in [-0.1, -0.05) is 37.6 Å². The van der Waals surface area contributed by atoms with Gasteiger partial charge in [0.05, 0.1) is 5.69 Å². The summed E-state index contributed by atoms with van der Waals surface area (Å²) in [6, 6.07) is 0.145. The molecule has 0 bridgehead atoms. The number of carbonyl (C=O) groups excluding carboxylic acids is 1. The quantitative estimate of drug-likeness (QED) is 0.831. The van der Waals surface area contributed by atoms with E-state index < -0.39 is 0 Å². The van der Waals surface area contributed by atoms with Gasteiger partial charge < -0.3 is 11.1 Å². The van der Waals surface area contributed by atoms with Gasteiger partial charge in [-0.25, -0.2) is 0 Å². The van der Waals surface area contributed by atoms with Crippen LogP contribution in [0.5, 0.6) is 0 Å². The zero-order chi connectivity index (χ0) is 13.8. The molecule has 0 spiro atoms. The van der Waals surface area contributed by atoms with Crippen LogP contribution in [-0.4, -0.2) is 27.6 Å². The van der Waals surface area contributed by atoms with Crippen molar-refractivity contribution in [3.8, 4) is 0 Å². The number of nitrogens with two attached hydrogens (primary N) is 1. The smallest absolute Gasteiger partial charge is 0.265 e. The summed E-state index contributed by atoms with van der Waals surface area (Å²) in [5.41, 5.74) is 6.92. The second-order valence-electron chi connectivity index (χ2n) is 5.52. The van der Waals surface area contributed by atoms with E-state index >= 15 is 0 Å². The summed E-state index contributed by atoms with van der Waals surface area (Å²) in [5, 5.41) is 7.12. The molecule has 3 N–H and O–H groups in total. The van der Waals surface area contributed by atoms with E-state index in [2.05, 4.69) is 14.9 Å². The maximum absolute atomic E-state index is 12.3. The van der Waals surface area contributed by atoms with E-state index in [1.807, 2.05) is 13.8 Å². The maximum Gasteiger partial charge on any atom is 0.265 e. The zero-order valence-corrected chi connectivity index (χ0v) is 12.4. The third-order valence-electron chi connectivity index (χ3n) is 3.65. The molecule has 0 radical (unpaired) electrons. The maximum atomic E-state index is 12.3. The average Bonchev–Trinajstić information content (AvgIpc) is 2.78. The van der Waals surface area contributed by atoms with E-state index in [4.69, 9.17) is 5.73 Å². The molecule has 1 heterocycles. The van der Waals surface area contributed by atoms with Gasteiger partial charge in [0.15, 0.2) is 0 Å². The Morgan fingerprint density at radius 2 is 2.11 bits per heavy atom. The van der Waals surface area contributed by atoms with Crippen molar-refractivity contribution in [1.82, 2.24) is 14.9 Å². The second kappa shape index (κ2) is 6.43. The molecule has 1 aliphatic rings. The van der Waals surface area contributed by atoms with Gasteiger partial charge in [0.2, 0.25) is 0 Å². The first-order chi connectivity index (χ1) is 9.09. The van der Waals surface area contributed by atoms with Crippen LogP contribution in [0.15, 0.2) is 0 Å². The Bertz CT molecular complexity index is 432. The molecule has 1 aromatic rings. The molecule has 0 aromatic carbocycles. The van der Waals surface area contributed by atoms with Gasteiger partial charge in [0.1, 0.15) is 4.88 Å². The van der Waals surface area contributed by atoms with Gasteiger partial charge in [-0.15, -0.1) is 5.10 Å². The third-order valence-corrected chi connectivity index (χ3v) is 4.39. The first kappa shape index (κ1) is 14.4. The number of rotatable bonds is 3. The minimum Gasteiger partial charge on any atom is -0.347 e. The van der Waals surface area contributed by atoms with Crippen LogP contribution >= 0.6 is 11.5 Å². The predicted molar refractivity (Wildman–Crippen MR) is 76.3 cm³/mol. The standard InChI is InChI=1S/C13H22N4OS/c1-8(2)11-12(19-17-16-11)13(18)15-10-7-5-3-4-6-9(10)14/h8-10H,3-7,14H2,1-2H3,(H,15,18). The lowest BCUT2D eigenvalue weighted by Crippen LogP contribution is -2.46. The van der Waals surface area contributed by atoms with E-state index in [1.165, 1.54) is 18.0 Å². The normalized spacial score (nSPS) is 24.2. The number of hydrogen-bond donors (Lipinski definition) is 2. The van der Waals surface area contributed by atoms with Crippen LogP contribution in [0.25, 0.3) is 0 Å². The van der Waals surface area contributed by atoms with E-state index in [-0.39, 0.29) is 23.9 Å². The van der Waals surface area contributed by atoms with Crippen molar-refractivity contribution in [1.29, 1.82) is 0 Å². The van der Waals surface area contributed by atoms with Crippen molar-refractivity contribution >= 4 is 17.4 Å². The number of nitrogens with one attached hydrogen (secondary N) is 1. The predicted octanol–water partition coefficient (Wildman–Crippen LogP) is 2.05. The van der Waals surface area contributed by atoms with Crippen LogP contribution < -0.4 is 11.1 Å². The lowest BCUT2D eigenvalue weighted by atomic mass is 10.0. The first-order valence-electron chi connectivity index (χ1n) is 6.98. The molecule has 2 atom stereocenters. The molecule has 1 saturated carbocycles. The highest BCUT2D eigenvalue weighted by Gasteiger charge is 2.25. The molecule has 1 fully saturated rings. The lowest BCUT2D eigenvalue weighted by molar-refractivity contribution is 0.0931. The highest BCUT2D eigenvalue weighted by molar-refractivity contribution is 7.08. The van der Waals surface area contributed by atoms with Crippen molar-refractivity contribution < 1.29 is 4.79 Å². The Morgan fingerprint density at radius 1 is 1.37 bits per heavy atom. The molecule has 2 unspecified atom stereocenters. The van der Waals surface area contributed by atoms with Gasteiger partial charge >= 0.3 is 0 Å². The van der Waals surface area contributed by atoms with Crippen LogP contribution in [0.2, 0.25) is 0 Å². The van der Waals surface area contributed by atoms with Crippen LogP contribution in [-0.2, 0) is 0 Å². The van der Waals surface area contributed by atoms with Gasteiger partial charge in [-0.05, 0) is 30.3 Å². The van der Waals surface area contributed by atoms with Gasteiger partial charge in [-0.2, -0.15) is 0 Å². The first-order valence-corrected chi connectivity index (χ1v) is 7.75. The summed E-state index contributed by atoms with van der Waals surface area (Å²) in [6.07, 6.45) is 5.46. The molecule has 1 amide bonds. The minimum absolute atomic E-state index is 0.0647. The van der Waals surface area contributed by atoms with Gasteiger partial charge in [-0.3, -0.25) is 4.79 Å². The van der Waals surface area contributed by atoms with Crippen molar-refractivity contribution in [2.75, 3.05) is 0 Å². The fourth-order valence-electron chi connectivity index (χ4n) is 2.48. The minimum atomic E-state index is -0.0685. The Hall–Kier alpha value is -1.01. The summed E-state index contributed by atoms with van der Waals surface area (Å²) in [4.78, 5) is 13.0. The average molecular weight is 282 g/mol. The molecule has 0 saturated heterocycles. The molecular formula is C13H22N4OS. The van der Waals surface area contributed by atoms with Crippen LogP contribution in [0.1, 0.15) is 67.2 Å². The molecule has 0 aliphatic heterocycles. The van der Waals surface area contributed by atoms with Crippen LogP contribution in [0.4, 0.5) is 0 Å². The molecule has 5 nitrogen and oxygen atoms in total. The van der Waals surface area contributed by atoms with Crippen molar-refractivity contribution in [2.24, 2.45) is 5.73 Å². The zero-order valence-electron chi connectivity index (χ0n) is 11.6. The number of amides is 1. The summed E-state index contributed by atoms with van der Waals surface area (Å²) in [5.74, 6) is 0.142. The largest absolute Gasteiger partial charge is 0.347 e. The SMILES string of the molecule is CC(C)c1nnsc1C(=O)NC1CCCCCC1N. The number of hydrogen-bond acceptors (Lipinski definition) is 5. The molecule has 2 rings (SSSR count). The van der Waals surface area contributed by atoms with E-state index in [0.717, 1.165) is 31.4 Å². The molecule has 1 aromatic heterocycles. The number of carbonyl (C=O) groups is 1. The fourth-order valence-corrected chi connectivity index (χ4v) is 3.20. The number of aromatic nitrogens is 2. The summed E-state index contributed by atoms with van der Waals surface area (Å²) >= 11 is 1.17. The van der Waals surface area contributed by atoms with Gasteiger partial charge in [0, 0.05) is 12.1 Å². The summed E-state index contributed by atoms with van der Waals surface area (Å²) < 4.78 is 3.89. The third kappa shape index (κ3) is 3.51. The topological polar surface area (TPSA) is 80.9 Å². The van der Waals surface area contributed by atoms with E-state index in [0.29, 0.717) is 4.88 Å². The van der Waals surface area contributed by atoms with Crippen LogP contribution in [0.3, 0.4) is 0 Å². The molecule has 6 heteroatoms. The van der Waals surface area contributed by atoms with Crippen molar-refractivity contribution in [3.63, 3.8) is 0 Å². The highest BCUT2D eigenvalue weighted by Crippen LogP contribution is 2.21. The Balaban J connectivity index is 2.05.